The molecule has 0 unspecified atom stereocenters. The molecule has 5 nitrogen and oxygen atoms in total. The molecule has 0 aliphatic rings. The first-order valence-corrected chi connectivity index (χ1v) is 4.12. The lowest BCUT2D eigenvalue weighted by atomic mass is 10.1. The molecular formula is C9H7F2NO4. The number of carbonyl (C=O) groups is 1. The summed E-state index contributed by atoms with van der Waals surface area (Å²) in [4.78, 5) is 20.7. The van der Waals surface area contributed by atoms with Crippen LogP contribution in [-0.4, -0.2) is 24.2 Å². The van der Waals surface area contributed by atoms with Crippen molar-refractivity contribution in [2.45, 2.75) is 6.43 Å². The average Bonchev–Trinajstić information content (AvgIpc) is 2.26. The normalized spacial score (nSPS) is 10.2. The smallest absolute Gasteiger partial charge is 0.300 e. The molecule has 1 rings (SSSR count). The van der Waals surface area contributed by atoms with Crippen LogP contribution in [0.4, 0.5) is 14.5 Å². The molecular weight excluding hydrogens is 224 g/mol. The predicted molar refractivity (Wildman–Crippen MR) is 50.0 cm³/mol. The molecule has 0 aromatic heterocycles. The van der Waals surface area contributed by atoms with Crippen LogP contribution >= 0.6 is 0 Å². The molecule has 0 saturated heterocycles. The number of rotatable bonds is 4. The Hall–Kier alpha value is -2.05. The third-order valence-electron chi connectivity index (χ3n) is 1.86. The number of ether oxygens (including phenoxy) is 1. The van der Waals surface area contributed by atoms with Crippen molar-refractivity contribution in [3.8, 4) is 5.75 Å². The number of nitrogens with zero attached hydrogens (tertiary/aromatic N) is 1. The number of halogens is 2. The van der Waals surface area contributed by atoms with Crippen molar-refractivity contribution in [2.24, 2.45) is 0 Å². The van der Waals surface area contributed by atoms with E-state index in [2.05, 4.69) is 4.74 Å². The zero-order valence-corrected chi connectivity index (χ0v) is 8.15. The summed E-state index contributed by atoms with van der Waals surface area (Å²) < 4.78 is 28.9. The van der Waals surface area contributed by atoms with E-state index in [1.54, 1.807) is 0 Å². The molecule has 0 amide bonds. The maximum atomic E-state index is 12.2. The van der Waals surface area contributed by atoms with Gasteiger partial charge in [-0.3, -0.25) is 14.9 Å². The monoisotopic (exact) mass is 231 g/mol. The number of hydrogen-bond acceptors (Lipinski definition) is 4. The van der Waals surface area contributed by atoms with Gasteiger partial charge in [0.15, 0.2) is 0 Å². The number of alkyl halides is 2. The lowest BCUT2D eigenvalue weighted by molar-refractivity contribution is -0.384. The van der Waals surface area contributed by atoms with Gasteiger partial charge in [0.05, 0.1) is 23.7 Å². The number of benzene rings is 1. The number of methoxy groups -OCH3 is 1. The molecule has 1 aromatic carbocycles. The van der Waals surface area contributed by atoms with E-state index < -0.39 is 17.1 Å². The molecule has 7 heteroatoms. The lowest BCUT2D eigenvalue weighted by Gasteiger charge is -2.06. The van der Waals surface area contributed by atoms with Crippen molar-refractivity contribution in [1.82, 2.24) is 0 Å². The number of nitro benzene ring substituents is 1. The van der Waals surface area contributed by atoms with Gasteiger partial charge in [0.25, 0.3) is 5.69 Å². The topological polar surface area (TPSA) is 69.4 Å². The van der Waals surface area contributed by atoms with Crippen LogP contribution in [0, 0.1) is 10.1 Å². The summed E-state index contributed by atoms with van der Waals surface area (Å²) in [6.45, 7) is 0. The van der Waals surface area contributed by atoms with Crippen LogP contribution in [0.1, 0.15) is 10.4 Å². The highest BCUT2D eigenvalue weighted by atomic mass is 19.3. The van der Waals surface area contributed by atoms with E-state index >= 15 is 0 Å². The minimum absolute atomic E-state index is 0.237. The second kappa shape index (κ2) is 4.65. The quantitative estimate of drug-likeness (QED) is 0.451. The highest BCUT2D eigenvalue weighted by molar-refractivity contribution is 6.01. The fourth-order valence-corrected chi connectivity index (χ4v) is 1.11. The highest BCUT2D eigenvalue weighted by Crippen LogP contribution is 2.26. The Morgan fingerprint density at radius 3 is 2.56 bits per heavy atom. The molecule has 0 saturated carbocycles. The van der Waals surface area contributed by atoms with Crippen molar-refractivity contribution in [2.75, 3.05) is 7.11 Å². The molecule has 0 fully saturated rings. The molecule has 0 spiro atoms. The van der Waals surface area contributed by atoms with Crippen molar-refractivity contribution in [3.05, 3.63) is 33.9 Å². The summed E-state index contributed by atoms with van der Waals surface area (Å²) in [5, 5.41) is 10.4. The van der Waals surface area contributed by atoms with Crippen molar-refractivity contribution >= 4 is 11.5 Å². The molecule has 0 heterocycles. The minimum atomic E-state index is -3.17. The van der Waals surface area contributed by atoms with Crippen LogP contribution in [-0.2, 0) is 0 Å². The summed E-state index contributed by atoms with van der Waals surface area (Å²) in [5.74, 6) is -1.66. The van der Waals surface area contributed by atoms with Crippen LogP contribution in [0.3, 0.4) is 0 Å². The van der Waals surface area contributed by atoms with E-state index in [0.717, 1.165) is 25.3 Å². The van der Waals surface area contributed by atoms with Crippen molar-refractivity contribution < 1.29 is 23.2 Å². The van der Waals surface area contributed by atoms with Gasteiger partial charge in [0.1, 0.15) is 5.75 Å². The summed E-state index contributed by atoms with van der Waals surface area (Å²) in [5.41, 5.74) is -0.703. The van der Waals surface area contributed by atoms with E-state index in [0.29, 0.717) is 0 Å². The van der Waals surface area contributed by atoms with Crippen molar-refractivity contribution in [3.63, 3.8) is 0 Å². The average molecular weight is 231 g/mol. The van der Waals surface area contributed by atoms with Gasteiger partial charge in [-0.05, 0) is 6.07 Å². The second-order valence-corrected chi connectivity index (χ2v) is 2.81. The van der Waals surface area contributed by atoms with Crippen LogP contribution in [0.15, 0.2) is 18.2 Å². The first kappa shape index (κ1) is 12.0. The van der Waals surface area contributed by atoms with E-state index in [1.165, 1.54) is 0 Å². The number of ketones is 1. The van der Waals surface area contributed by atoms with E-state index in [-0.39, 0.29) is 17.0 Å². The molecule has 0 aliphatic heterocycles. The van der Waals surface area contributed by atoms with E-state index in [1.807, 2.05) is 0 Å². The Kier molecular flexibility index (Phi) is 3.49. The number of hydrogen-bond donors (Lipinski definition) is 0. The maximum absolute atomic E-state index is 12.2. The third-order valence-corrected chi connectivity index (χ3v) is 1.86. The summed E-state index contributed by atoms with van der Waals surface area (Å²) in [7, 11) is 1.14. The van der Waals surface area contributed by atoms with Crippen LogP contribution in [0.5, 0.6) is 5.75 Å². The Labute approximate surface area is 88.8 Å². The first-order valence-electron chi connectivity index (χ1n) is 4.12. The fourth-order valence-electron chi connectivity index (χ4n) is 1.11. The number of Topliss-reactive ketones (excluding diaryl/α,β-unsaturated/α-hetero) is 1. The Morgan fingerprint density at radius 2 is 2.12 bits per heavy atom. The van der Waals surface area contributed by atoms with Gasteiger partial charge >= 0.3 is 6.43 Å². The first-order chi connectivity index (χ1) is 7.47. The SMILES string of the molecule is COc1cc([N+](=O)[O-])ccc1C(=O)C(F)F. The van der Waals surface area contributed by atoms with Gasteiger partial charge in [0, 0.05) is 6.07 Å². The highest BCUT2D eigenvalue weighted by Gasteiger charge is 2.23. The molecule has 86 valence electrons. The van der Waals surface area contributed by atoms with Crippen molar-refractivity contribution in [1.29, 1.82) is 0 Å². The summed E-state index contributed by atoms with van der Waals surface area (Å²) >= 11 is 0. The lowest BCUT2D eigenvalue weighted by Crippen LogP contribution is -2.11. The van der Waals surface area contributed by atoms with Crippen LogP contribution in [0.2, 0.25) is 0 Å². The number of nitro groups is 1. The van der Waals surface area contributed by atoms with Gasteiger partial charge in [-0.1, -0.05) is 0 Å². The maximum Gasteiger partial charge on any atom is 0.300 e. The zero-order chi connectivity index (χ0) is 12.3. The number of carbonyl (C=O) groups excluding carboxylic acids is 1. The minimum Gasteiger partial charge on any atom is -0.496 e. The van der Waals surface area contributed by atoms with E-state index in [4.69, 9.17) is 0 Å². The molecule has 1 aromatic rings. The van der Waals surface area contributed by atoms with Gasteiger partial charge < -0.3 is 4.74 Å². The van der Waals surface area contributed by atoms with Gasteiger partial charge in [0.2, 0.25) is 5.78 Å². The van der Waals surface area contributed by atoms with Crippen LogP contribution < -0.4 is 4.74 Å². The summed E-state index contributed by atoms with van der Waals surface area (Å²) in [6.07, 6.45) is -3.17. The molecule has 0 bridgehead atoms. The molecule has 0 atom stereocenters. The molecule has 16 heavy (non-hydrogen) atoms. The Balaban J connectivity index is 3.22. The molecule has 0 N–H and O–H groups in total. The Morgan fingerprint density at radius 1 is 1.50 bits per heavy atom. The van der Waals surface area contributed by atoms with Gasteiger partial charge in [-0.15, -0.1) is 0 Å². The Bertz CT molecular complexity index is 434. The van der Waals surface area contributed by atoms with Crippen LogP contribution in [0.25, 0.3) is 0 Å². The predicted octanol–water partition coefficient (Wildman–Crippen LogP) is 2.05. The van der Waals surface area contributed by atoms with Gasteiger partial charge in [-0.2, -0.15) is 0 Å². The zero-order valence-electron chi connectivity index (χ0n) is 8.15. The van der Waals surface area contributed by atoms with E-state index in [9.17, 15) is 23.7 Å². The second-order valence-electron chi connectivity index (χ2n) is 2.81. The molecule has 0 radical (unpaired) electrons. The third kappa shape index (κ3) is 2.30. The fraction of sp³-hybridized carbons (Fsp3) is 0.222. The largest absolute Gasteiger partial charge is 0.496 e. The summed E-state index contributed by atoms with van der Waals surface area (Å²) in [6, 6.07) is 2.85. The molecule has 0 aliphatic carbocycles. The standard InChI is InChI=1S/C9H7F2NO4/c1-16-7-4-5(12(14)15)2-3-6(7)8(13)9(10)11/h2-4,9H,1H3. The number of non-ortho nitro benzene ring substituents is 1. The van der Waals surface area contributed by atoms with Gasteiger partial charge in [-0.25, -0.2) is 8.78 Å².